The number of hydrogen-bond acceptors (Lipinski definition) is 5. The van der Waals surface area contributed by atoms with Gasteiger partial charge in [0.15, 0.2) is 5.65 Å². The summed E-state index contributed by atoms with van der Waals surface area (Å²) in [6.45, 7) is 1.35. The SMILES string of the molecule is CNC1CN(c2nc3cc(F)c(C(F)(F)F)cc3c3ncnn23)C1. The molecule has 3 aromatic rings. The average molecular weight is 340 g/mol. The van der Waals surface area contributed by atoms with E-state index in [1.54, 1.807) is 0 Å². The zero-order chi connectivity index (χ0) is 17.1. The van der Waals surface area contributed by atoms with E-state index in [1.165, 1.54) is 10.8 Å². The van der Waals surface area contributed by atoms with Crippen molar-refractivity contribution in [1.82, 2.24) is 24.9 Å². The van der Waals surface area contributed by atoms with Gasteiger partial charge in [-0.1, -0.05) is 0 Å². The summed E-state index contributed by atoms with van der Waals surface area (Å²) in [4.78, 5) is 10.2. The zero-order valence-corrected chi connectivity index (χ0v) is 12.5. The number of rotatable bonds is 2. The molecule has 0 saturated carbocycles. The number of nitrogens with one attached hydrogen (secondary N) is 1. The van der Waals surface area contributed by atoms with Gasteiger partial charge in [-0.2, -0.15) is 22.8 Å². The molecule has 4 rings (SSSR count). The Morgan fingerprint density at radius 2 is 2.00 bits per heavy atom. The Morgan fingerprint density at radius 3 is 2.67 bits per heavy atom. The number of aromatic nitrogens is 4. The monoisotopic (exact) mass is 340 g/mol. The van der Waals surface area contributed by atoms with Crippen LogP contribution in [0, 0.1) is 5.82 Å². The van der Waals surface area contributed by atoms with Gasteiger partial charge in [0.1, 0.15) is 12.1 Å². The van der Waals surface area contributed by atoms with Gasteiger partial charge in [-0.05, 0) is 13.1 Å². The van der Waals surface area contributed by atoms with Crippen molar-refractivity contribution in [2.24, 2.45) is 0 Å². The lowest BCUT2D eigenvalue weighted by atomic mass is 10.1. The lowest BCUT2D eigenvalue weighted by Crippen LogP contribution is -2.58. The van der Waals surface area contributed by atoms with Crippen molar-refractivity contribution in [2.45, 2.75) is 12.2 Å². The molecule has 1 N–H and O–H groups in total. The molecule has 0 unspecified atom stereocenters. The van der Waals surface area contributed by atoms with Crippen LogP contribution in [0.3, 0.4) is 0 Å². The second kappa shape index (κ2) is 5.00. The number of benzene rings is 1. The van der Waals surface area contributed by atoms with Crippen molar-refractivity contribution >= 4 is 22.5 Å². The standard InChI is InChI=1S/C14H12F4N6/c1-19-7-4-23(5-7)13-22-11-3-10(15)9(14(16,17)18)2-8(11)12-20-6-21-24(12)13/h2-3,6-7,19H,4-5H2,1H3. The minimum Gasteiger partial charge on any atom is -0.337 e. The van der Waals surface area contributed by atoms with Gasteiger partial charge in [0.25, 0.3) is 0 Å². The lowest BCUT2D eigenvalue weighted by Gasteiger charge is -2.39. The molecule has 2 aromatic heterocycles. The molecular weight excluding hydrogens is 328 g/mol. The summed E-state index contributed by atoms with van der Waals surface area (Å²) >= 11 is 0. The summed E-state index contributed by atoms with van der Waals surface area (Å²) in [6, 6.07) is 1.83. The maximum atomic E-state index is 13.9. The van der Waals surface area contributed by atoms with Crippen LogP contribution >= 0.6 is 0 Å². The summed E-state index contributed by atoms with van der Waals surface area (Å²) in [5, 5.41) is 7.26. The molecule has 1 saturated heterocycles. The third kappa shape index (κ3) is 2.17. The normalized spacial score (nSPS) is 16.1. The van der Waals surface area contributed by atoms with Crippen LogP contribution in [0.2, 0.25) is 0 Å². The fourth-order valence-electron chi connectivity index (χ4n) is 2.81. The van der Waals surface area contributed by atoms with E-state index in [-0.39, 0.29) is 16.6 Å². The lowest BCUT2D eigenvalue weighted by molar-refractivity contribution is -0.139. The minimum absolute atomic E-state index is 0.107. The van der Waals surface area contributed by atoms with Crippen molar-refractivity contribution in [1.29, 1.82) is 0 Å². The molecule has 0 aliphatic carbocycles. The van der Waals surface area contributed by atoms with Gasteiger partial charge in [-0.3, -0.25) is 0 Å². The van der Waals surface area contributed by atoms with E-state index in [0.717, 1.165) is 12.1 Å². The first kappa shape index (κ1) is 15.1. The van der Waals surface area contributed by atoms with E-state index in [2.05, 4.69) is 20.4 Å². The summed E-state index contributed by atoms with van der Waals surface area (Å²) in [7, 11) is 1.84. The number of fused-ring (bicyclic) bond motifs is 3. The largest absolute Gasteiger partial charge is 0.419 e. The van der Waals surface area contributed by atoms with Crippen molar-refractivity contribution in [2.75, 3.05) is 25.0 Å². The Balaban J connectivity index is 1.93. The van der Waals surface area contributed by atoms with Gasteiger partial charge < -0.3 is 10.2 Å². The fraction of sp³-hybridized carbons (Fsp3) is 0.357. The summed E-state index contributed by atoms with van der Waals surface area (Å²) in [6.07, 6.45) is -3.54. The van der Waals surface area contributed by atoms with E-state index in [1.807, 2.05) is 11.9 Å². The number of hydrogen-bond donors (Lipinski definition) is 1. The maximum absolute atomic E-state index is 13.9. The summed E-state index contributed by atoms with van der Waals surface area (Å²) in [5.74, 6) is -0.922. The van der Waals surface area contributed by atoms with Crippen LogP contribution in [-0.4, -0.2) is 45.8 Å². The van der Waals surface area contributed by atoms with E-state index < -0.39 is 17.6 Å². The number of likely N-dealkylation sites (N-methyl/N-ethyl adjacent to an activating group) is 1. The first-order valence-corrected chi connectivity index (χ1v) is 7.21. The van der Waals surface area contributed by atoms with Crippen LogP contribution in [0.25, 0.3) is 16.6 Å². The molecule has 1 fully saturated rings. The van der Waals surface area contributed by atoms with Gasteiger partial charge in [0.2, 0.25) is 5.95 Å². The number of alkyl halides is 3. The fourth-order valence-corrected chi connectivity index (χ4v) is 2.81. The third-order valence-electron chi connectivity index (χ3n) is 4.16. The molecule has 126 valence electrons. The molecule has 1 aliphatic heterocycles. The number of nitrogens with zero attached hydrogens (tertiary/aromatic N) is 5. The van der Waals surface area contributed by atoms with E-state index in [9.17, 15) is 17.6 Å². The van der Waals surface area contributed by atoms with Crippen molar-refractivity contribution in [3.05, 3.63) is 29.8 Å². The molecule has 6 nitrogen and oxygen atoms in total. The zero-order valence-electron chi connectivity index (χ0n) is 12.5. The smallest absolute Gasteiger partial charge is 0.337 e. The summed E-state index contributed by atoms with van der Waals surface area (Å²) in [5.41, 5.74) is -1.01. The highest BCUT2D eigenvalue weighted by Gasteiger charge is 2.35. The Hall–Kier alpha value is -2.49. The van der Waals surface area contributed by atoms with E-state index >= 15 is 0 Å². The molecule has 0 amide bonds. The highest BCUT2D eigenvalue weighted by Crippen LogP contribution is 2.35. The number of halogens is 4. The van der Waals surface area contributed by atoms with Crippen LogP contribution in [0.15, 0.2) is 18.5 Å². The molecule has 10 heteroatoms. The molecule has 24 heavy (non-hydrogen) atoms. The van der Waals surface area contributed by atoms with E-state index in [4.69, 9.17) is 0 Å². The Bertz CT molecular complexity index is 928. The second-order valence-corrected chi connectivity index (χ2v) is 5.64. The van der Waals surface area contributed by atoms with Gasteiger partial charge in [0, 0.05) is 30.6 Å². The molecule has 1 aliphatic rings. The molecule has 1 aromatic carbocycles. The Kier molecular flexibility index (Phi) is 3.14. The minimum atomic E-state index is -4.79. The average Bonchev–Trinajstić information content (AvgIpc) is 2.93. The van der Waals surface area contributed by atoms with E-state index in [0.29, 0.717) is 25.1 Å². The van der Waals surface area contributed by atoms with Gasteiger partial charge in [-0.25, -0.2) is 14.4 Å². The topological polar surface area (TPSA) is 58.3 Å². The first-order chi connectivity index (χ1) is 11.4. The van der Waals surface area contributed by atoms with Crippen molar-refractivity contribution in [3.8, 4) is 0 Å². The molecule has 0 radical (unpaired) electrons. The maximum Gasteiger partial charge on any atom is 0.419 e. The van der Waals surface area contributed by atoms with Gasteiger partial charge in [-0.15, -0.1) is 0 Å². The van der Waals surface area contributed by atoms with Crippen LogP contribution < -0.4 is 10.2 Å². The highest BCUT2D eigenvalue weighted by atomic mass is 19.4. The predicted molar refractivity (Wildman–Crippen MR) is 78.3 cm³/mol. The van der Waals surface area contributed by atoms with Crippen LogP contribution in [0.1, 0.15) is 5.56 Å². The quantitative estimate of drug-likeness (QED) is 0.722. The third-order valence-corrected chi connectivity index (χ3v) is 4.16. The molecule has 0 atom stereocenters. The second-order valence-electron chi connectivity index (χ2n) is 5.64. The van der Waals surface area contributed by atoms with Crippen molar-refractivity contribution < 1.29 is 17.6 Å². The first-order valence-electron chi connectivity index (χ1n) is 7.21. The summed E-state index contributed by atoms with van der Waals surface area (Å²) < 4.78 is 54.1. The predicted octanol–water partition coefficient (Wildman–Crippen LogP) is 1.84. The van der Waals surface area contributed by atoms with Crippen LogP contribution in [-0.2, 0) is 6.18 Å². The molecule has 3 heterocycles. The van der Waals surface area contributed by atoms with Gasteiger partial charge >= 0.3 is 6.18 Å². The highest BCUT2D eigenvalue weighted by molar-refractivity contribution is 5.93. The van der Waals surface area contributed by atoms with Gasteiger partial charge in [0.05, 0.1) is 11.1 Å². The van der Waals surface area contributed by atoms with Crippen LogP contribution in [0.4, 0.5) is 23.5 Å². The number of anilines is 1. The van der Waals surface area contributed by atoms with Crippen LogP contribution in [0.5, 0.6) is 0 Å². The van der Waals surface area contributed by atoms with Crippen molar-refractivity contribution in [3.63, 3.8) is 0 Å². The Labute approximate surface area is 133 Å². The molecule has 0 spiro atoms. The molecule has 0 bridgehead atoms. The Morgan fingerprint density at radius 1 is 1.25 bits per heavy atom. The molecular formula is C14H12F4N6.